The fourth-order valence-corrected chi connectivity index (χ4v) is 2.30. The smallest absolute Gasteiger partial charge is 0.315 e. The van der Waals surface area contributed by atoms with Crippen LogP contribution in [0.3, 0.4) is 0 Å². The van der Waals surface area contributed by atoms with Crippen molar-refractivity contribution in [2.24, 2.45) is 17.6 Å². The van der Waals surface area contributed by atoms with E-state index < -0.39 is 5.91 Å². The van der Waals surface area contributed by atoms with E-state index in [0.29, 0.717) is 18.4 Å². The lowest BCUT2D eigenvalue weighted by molar-refractivity contribution is -0.117. The second-order valence-electron chi connectivity index (χ2n) is 4.99. The fraction of sp³-hybridized carbons (Fsp3) is 0.833. The van der Waals surface area contributed by atoms with E-state index in [1.807, 2.05) is 0 Å². The molecule has 0 aromatic carbocycles. The molecule has 0 aromatic rings. The maximum absolute atomic E-state index is 11.6. The molecule has 0 heterocycles. The van der Waals surface area contributed by atoms with Crippen LogP contribution in [0.4, 0.5) is 4.79 Å². The van der Waals surface area contributed by atoms with Crippen molar-refractivity contribution >= 4 is 11.9 Å². The zero-order valence-corrected chi connectivity index (χ0v) is 10.7. The molecule has 5 nitrogen and oxygen atoms in total. The van der Waals surface area contributed by atoms with Crippen LogP contribution in [-0.4, -0.2) is 24.5 Å². The molecule has 0 spiro atoms. The summed E-state index contributed by atoms with van der Waals surface area (Å²) in [4.78, 5) is 22.1. The van der Waals surface area contributed by atoms with Gasteiger partial charge in [-0.1, -0.05) is 26.7 Å². The molecule has 0 bridgehead atoms. The van der Waals surface area contributed by atoms with Gasteiger partial charge in [0.1, 0.15) is 0 Å². The van der Waals surface area contributed by atoms with Gasteiger partial charge in [-0.15, -0.1) is 0 Å². The predicted octanol–water partition coefficient (Wildman–Crippen LogP) is 0.986. The molecule has 0 saturated heterocycles. The average Bonchev–Trinajstić information content (AvgIpc) is 2.24. The number of carbonyl (C=O) groups is 2. The first-order valence-electron chi connectivity index (χ1n) is 6.33. The maximum atomic E-state index is 11.6. The topological polar surface area (TPSA) is 84.2 Å². The zero-order chi connectivity index (χ0) is 12.8. The van der Waals surface area contributed by atoms with Gasteiger partial charge in [0.25, 0.3) is 0 Å². The Bertz CT molecular complexity index is 281. The van der Waals surface area contributed by atoms with Gasteiger partial charge in [0.2, 0.25) is 5.91 Å². The molecule has 1 fully saturated rings. The lowest BCUT2D eigenvalue weighted by Crippen LogP contribution is -2.48. The third-order valence-electron chi connectivity index (χ3n) is 3.68. The first-order chi connectivity index (χ1) is 8.00. The number of rotatable bonds is 4. The van der Waals surface area contributed by atoms with E-state index in [4.69, 9.17) is 5.73 Å². The molecule has 98 valence electrons. The minimum atomic E-state index is -0.398. The van der Waals surface area contributed by atoms with Gasteiger partial charge in [-0.3, -0.25) is 4.79 Å². The normalized spacial score (nSPS) is 28.5. The van der Waals surface area contributed by atoms with Crippen LogP contribution in [0.2, 0.25) is 0 Å². The molecule has 0 radical (unpaired) electrons. The van der Waals surface area contributed by atoms with E-state index in [1.54, 1.807) is 0 Å². The van der Waals surface area contributed by atoms with Crippen molar-refractivity contribution in [3.63, 3.8) is 0 Å². The highest BCUT2D eigenvalue weighted by atomic mass is 16.2. The highest BCUT2D eigenvalue weighted by Crippen LogP contribution is 2.29. The molecule has 0 unspecified atom stereocenters. The summed E-state index contributed by atoms with van der Waals surface area (Å²) in [6.45, 7) is 4.71. The summed E-state index contributed by atoms with van der Waals surface area (Å²) < 4.78 is 0. The van der Waals surface area contributed by atoms with Crippen LogP contribution >= 0.6 is 0 Å². The third kappa shape index (κ3) is 4.63. The van der Waals surface area contributed by atoms with Crippen molar-refractivity contribution in [1.82, 2.24) is 10.6 Å². The monoisotopic (exact) mass is 241 g/mol. The van der Waals surface area contributed by atoms with Crippen molar-refractivity contribution in [1.29, 1.82) is 0 Å². The number of primary amides is 1. The van der Waals surface area contributed by atoms with Crippen molar-refractivity contribution in [2.75, 3.05) is 6.54 Å². The van der Waals surface area contributed by atoms with Crippen LogP contribution in [0.1, 0.15) is 39.5 Å². The first kappa shape index (κ1) is 13.8. The quantitative estimate of drug-likeness (QED) is 0.685. The number of carbonyl (C=O) groups excluding carboxylic acids is 2. The van der Waals surface area contributed by atoms with E-state index in [9.17, 15) is 9.59 Å². The molecule has 4 N–H and O–H groups in total. The van der Waals surface area contributed by atoms with Crippen LogP contribution in [0.25, 0.3) is 0 Å². The summed E-state index contributed by atoms with van der Waals surface area (Å²) in [5.74, 6) is 0.760. The molecular formula is C12H23N3O2. The molecule has 5 heteroatoms. The lowest BCUT2D eigenvalue weighted by atomic mass is 9.78. The molecule has 3 atom stereocenters. The van der Waals surface area contributed by atoms with Crippen molar-refractivity contribution in [3.05, 3.63) is 0 Å². The summed E-state index contributed by atoms with van der Waals surface area (Å²) in [6, 6.07) is 0.0459. The third-order valence-corrected chi connectivity index (χ3v) is 3.68. The first-order valence-corrected chi connectivity index (χ1v) is 6.33. The van der Waals surface area contributed by atoms with E-state index in [0.717, 1.165) is 12.8 Å². The zero-order valence-electron chi connectivity index (χ0n) is 10.7. The Morgan fingerprint density at radius 3 is 2.65 bits per heavy atom. The number of hydrogen-bond donors (Lipinski definition) is 3. The van der Waals surface area contributed by atoms with Crippen molar-refractivity contribution < 1.29 is 9.59 Å². The van der Waals surface area contributed by atoms with Crippen LogP contribution in [0, 0.1) is 11.8 Å². The summed E-state index contributed by atoms with van der Waals surface area (Å²) >= 11 is 0. The Balaban J connectivity index is 2.27. The van der Waals surface area contributed by atoms with Gasteiger partial charge in [0.05, 0.1) is 0 Å². The molecule has 17 heavy (non-hydrogen) atoms. The largest absolute Gasteiger partial charge is 0.370 e. The second kappa shape index (κ2) is 6.47. The summed E-state index contributed by atoms with van der Waals surface area (Å²) in [6.07, 6.45) is 3.62. The second-order valence-corrected chi connectivity index (χ2v) is 4.99. The van der Waals surface area contributed by atoms with E-state index in [2.05, 4.69) is 24.5 Å². The molecule has 0 aliphatic heterocycles. The SMILES string of the molecule is C[C@H]1[C@H](C)CCC[C@@H]1NC(=O)NCCC(N)=O. The van der Waals surface area contributed by atoms with E-state index >= 15 is 0 Å². The summed E-state index contributed by atoms with van der Waals surface area (Å²) in [5, 5.41) is 5.62. The van der Waals surface area contributed by atoms with E-state index in [-0.39, 0.29) is 18.5 Å². The predicted molar refractivity (Wildman–Crippen MR) is 66.3 cm³/mol. The van der Waals surface area contributed by atoms with Gasteiger partial charge in [-0.2, -0.15) is 0 Å². The molecule has 1 aliphatic carbocycles. The Morgan fingerprint density at radius 2 is 2.00 bits per heavy atom. The number of amides is 3. The molecule has 1 saturated carbocycles. The van der Waals surface area contributed by atoms with Crippen LogP contribution < -0.4 is 16.4 Å². The minimum absolute atomic E-state index is 0.185. The molecule has 3 amide bonds. The van der Waals surface area contributed by atoms with Crippen LogP contribution in [-0.2, 0) is 4.79 Å². The fourth-order valence-electron chi connectivity index (χ4n) is 2.30. The van der Waals surface area contributed by atoms with Gasteiger partial charge in [0, 0.05) is 19.0 Å². The van der Waals surface area contributed by atoms with Gasteiger partial charge >= 0.3 is 6.03 Å². The minimum Gasteiger partial charge on any atom is -0.370 e. The number of nitrogens with two attached hydrogens (primary N) is 1. The van der Waals surface area contributed by atoms with Crippen LogP contribution in [0.5, 0.6) is 0 Å². The molecular weight excluding hydrogens is 218 g/mol. The number of urea groups is 1. The van der Waals surface area contributed by atoms with E-state index in [1.165, 1.54) is 6.42 Å². The Morgan fingerprint density at radius 1 is 1.29 bits per heavy atom. The average molecular weight is 241 g/mol. The van der Waals surface area contributed by atoms with Gasteiger partial charge in [-0.25, -0.2) is 4.79 Å². The number of hydrogen-bond acceptors (Lipinski definition) is 2. The van der Waals surface area contributed by atoms with Gasteiger partial charge < -0.3 is 16.4 Å². The van der Waals surface area contributed by atoms with Gasteiger partial charge in [-0.05, 0) is 18.3 Å². The molecule has 1 aliphatic rings. The lowest BCUT2D eigenvalue weighted by Gasteiger charge is -2.34. The standard InChI is InChI=1S/C12H23N3O2/c1-8-4-3-5-10(9(8)2)15-12(17)14-7-6-11(13)16/h8-10H,3-7H2,1-2H3,(H2,13,16)(H2,14,15,17)/t8-,9+,10+/m1/s1. The Kier molecular flexibility index (Phi) is 5.25. The maximum Gasteiger partial charge on any atom is 0.315 e. The van der Waals surface area contributed by atoms with Crippen LogP contribution in [0.15, 0.2) is 0 Å². The molecule has 1 rings (SSSR count). The van der Waals surface area contributed by atoms with Gasteiger partial charge in [0.15, 0.2) is 0 Å². The molecule has 0 aromatic heterocycles. The van der Waals surface area contributed by atoms with Crippen molar-refractivity contribution in [3.8, 4) is 0 Å². The Hall–Kier alpha value is -1.26. The summed E-state index contributed by atoms with van der Waals surface area (Å²) in [7, 11) is 0. The highest BCUT2D eigenvalue weighted by Gasteiger charge is 2.27. The summed E-state index contributed by atoms with van der Waals surface area (Å²) in [5.41, 5.74) is 4.99. The number of nitrogens with one attached hydrogen (secondary N) is 2. The highest BCUT2D eigenvalue weighted by molar-refractivity contribution is 5.77. The van der Waals surface area contributed by atoms with Crippen molar-refractivity contribution in [2.45, 2.75) is 45.6 Å². The Labute approximate surface area is 103 Å².